The molecule has 0 saturated heterocycles. The van der Waals surface area contributed by atoms with Crippen molar-refractivity contribution in [1.82, 2.24) is 0 Å². The SMILES string of the molecule is CCC1(C)C[C@H](N)c2cc(OC)ccc2O1. The summed E-state index contributed by atoms with van der Waals surface area (Å²) in [6, 6.07) is 5.85. The summed E-state index contributed by atoms with van der Waals surface area (Å²) in [6.07, 6.45) is 1.82. The smallest absolute Gasteiger partial charge is 0.125 e. The van der Waals surface area contributed by atoms with Crippen LogP contribution in [0.3, 0.4) is 0 Å². The van der Waals surface area contributed by atoms with Gasteiger partial charge in [0.1, 0.15) is 17.1 Å². The van der Waals surface area contributed by atoms with Gasteiger partial charge in [0.25, 0.3) is 0 Å². The van der Waals surface area contributed by atoms with E-state index in [0.29, 0.717) is 0 Å². The maximum absolute atomic E-state index is 6.19. The van der Waals surface area contributed by atoms with Crippen LogP contribution in [-0.4, -0.2) is 12.7 Å². The predicted molar refractivity (Wildman–Crippen MR) is 63.9 cm³/mol. The topological polar surface area (TPSA) is 44.5 Å². The molecule has 2 N–H and O–H groups in total. The van der Waals surface area contributed by atoms with Crippen LogP contribution in [0.1, 0.15) is 38.3 Å². The zero-order valence-corrected chi connectivity index (χ0v) is 10.1. The van der Waals surface area contributed by atoms with Crippen LogP contribution in [0.25, 0.3) is 0 Å². The first kappa shape index (κ1) is 11.3. The molecule has 16 heavy (non-hydrogen) atoms. The summed E-state index contributed by atoms with van der Waals surface area (Å²) in [7, 11) is 1.66. The molecular weight excluding hydrogens is 202 g/mol. The second-order valence-corrected chi connectivity index (χ2v) is 4.62. The van der Waals surface area contributed by atoms with Crippen molar-refractivity contribution in [3.8, 4) is 11.5 Å². The van der Waals surface area contributed by atoms with E-state index >= 15 is 0 Å². The molecule has 0 amide bonds. The van der Waals surface area contributed by atoms with Crippen LogP contribution in [0, 0.1) is 0 Å². The third kappa shape index (κ3) is 1.87. The Morgan fingerprint density at radius 1 is 1.56 bits per heavy atom. The first-order valence-electron chi connectivity index (χ1n) is 5.70. The van der Waals surface area contributed by atoms with Crippen LogP contribution in [-0.2, 0) is 0 Å². The molecule has 0 radical (unpaired) electrons. The van der Waals surface area contributed by atoms with E-state index in [-0.39, 0.29) is 11.6 Å². The van der Waals surface area contributed by atoms with Crippen LogP contribution in [0.5, 0.6) is 11.5 Å². The predicted octanol–water partition coefficient (Wildman–Crippen LogP) is 2.65. The Labute approximate surface area is 96.5 Å². The summed E-state index contributed by atoms with van der Waals surface area (Å²) >= 11 is 0. The molecule has 2 atom stereocenters. The molecule has 1 unspecified atom stereocenters. The molecule has 0 fully saturated rings. The molecule has 0 aromatic heterocycles. The summed E-state index contributed by atoms with van der Waals surface area (Å²) in [5.41, 5.74) is 7.09. The fourth-order valence-corrected chi connectivity index (χ4v) is 2.14. The summed E-state index contributed by atoms with van der Waals surface area (Å²) in [5.74, 6) is 1.72. The van der Waals surface area contributed by atoms with Crippen molar-refractivity contribution in [2.45, 2.75) is 38.3 Å². The van der Waals surface area contributed by atoms with Gasteiger partial charge in [0.05, 0.1) is 7.11 Å². The molecule has 0 aliphatic carbocycles. The van der Waals surface area contributed by atoms with E-state index in [2.05, 4.69) is 13.8 Å². The molecule has 0 bridgehead atoms. The molecule has 88 valence electrons. The summed E-state index contributed by atoms with van der Waals surface area (Å²) in [5, 5.41) is 0. The highest BCUT2D eigenvalue weighted by atomic mass is 16.5. The molecule has 1 heterocycles. The highest BCUT2D eigenvalue weighted by molar-refractivity contribution is 5.44. The molecule has 0 saturated carbocycles. The first-order valence-corrected chi connectivity index (χ1v) is 5.70. The monoisotopic (exact) mass is 221 g/mol. The number of hydrogen-bond donors (Lipinski definition) is 1. The highest BCUT2D eigenvalue weighted by Crippen LogP contribution is 2.41. The lowest BCUT2D eigenvalue weighted by atomic mass is 9.87. The maximum Gasteiger partial charge on any atom is 0.125 e. The second kappa shape index (κ2) is 3.98. The minimum atomic E-state index is -0.138. The van der Waals surface area contributed by atoms with Gasteiger partial charge < -0.3 is 15.2 Å². The van der Waals surface area contributed by atoms with Gasteiger partial charge in [-0.05, 0) is 31.5 Å². The standard InChI is InChI=1S/C13H19NO2/c1-4-13(2)8-11(14)10-7-9(15-3)5-6-12(10)16-13/h5-7,11H,4,8,14H2,1-3H3/t11-,13?/m0/s1. The molecule has 3 heteroatoms. The van der Waals surface area contributed by atoms with E-state index in [1.54, 1.807) is 7.11 Å². The van der Waals surface area contributed by atoms with Crippen molar-refractivity contribution in [1.29, 1.82) is 0 Å². The minimum absolute atomic E-state index is 0.0313. The largest absolute Gasteiger partial charge is 0.497 e. The van der Waals surface area contributed by atoms with Crippen LogP contribution in [0.15, 0.2) is 18.2 Å². The Hall–Kier alpha value is -1.22. The molecule has 1 aromatic carbocycles. The zero-order chi connectivity index (χ0) is 11.8. The van der Waals surface area contributed by atoms with Crippen molar-refractivity contribution in [3.63, 3.8) is 0 Å². The summed E-state index contributed by atoms with van der Waals surface area (Å²) in [4.78, 5) is 0. The number of hydrogen-bond acceptors (Lipinski definition) is 3. The molecule has 1 aliphatic rings. The van der Waals surface area contributed by atoms with Crippen LogP contribution in [0.4, 0.5) is 0 Å². The third-order valence-corrected chi connectivity index (χ3v) is 3.37. The van der Waals surface area contributed by atoms with Crippen molar-refractivity contribution in [2.75, 3.05) is 7.11 Å². The Morgan fingerprint density at radius 2 is 2.31 bits per heavy atom. The van der Waals surface area contributed by atoms with Crippen molar-refractivity contribution < 1.29 is 9.47 Å². The maximum atomic E-state index is 6.19. The van der Waals surface area contributed by atoms with E-state index in [1.807, 2.05) is 18.2 Å². The number of fused-ring (bicyclic) bond motifs is 1. The van der Waals surface area contributed by atoms with Gasteiger partial charge >= 0.3 is 0 Å². The normalized spacial score (nSPS) is 28.1. The van der Waals surface area contributed by atoms with Crippen LogP contribution >= 0.6 is 0 Å². The van der Waals surface area contributed by atoms with E-state index in [1.165, 1.54) is 0 Å². The summed E-state index contributed by atoms with van der Waals surface area (Å²) in [6.45, 7) is 4.24. The Kier molecular flexibility index (Phi) is 2.80. The van der Waals surface area contributed by atoms with Crippen LogP contribution < -0.4 is 15.2 Å². The molecule has 3 nitrogen and oxygen atoms in total. The van der Waals surface area contributed by atoms with Crippen molar-refractivity contribution >= 4 is 0 Å². The molecule has 1 aromatic rings. The lowest BCUT2D eigenvalue weighted by molar-refractivity contribution is 0.0502. The average Bonchev–Trinajstić information content (AvgIpc) is 2.28. The molecule has 0 spiro atoms. The van der Waals surface area contributed by atoms with Crippen LogP contribution in [0.2, 0.25) is 0 Å². The van der Waals surface area contributed by atoms with E-state index < -0.39 is 0 Å². The molecule has 1 aliphatic heterocycles. The average molecular weight is 221 g/mol. The Balaban J connectivity index is 2.38. The van der Waals surface area contributed by atoms with Gasteiger partial charge in [-0.3, -0.25) is 0 Å². The Bertz CT molecular complexity index is 392. The van der Waals surface area contributed by atoms with Gasteiger partial charge in [-0.15, -0.1) is 0 Å². The lowest BCUT2D eigenvalue weighted by Crippen LogP contribution is -2.39. The second-order valence-electron chi connectivity index (χ2n) is 4.62. The minimum Gasteiger partial charge on any atom is -0.497 e. The van der Waals surface area contributed by atoms with Gasteiger partial charge in [0.2, 0.25) is 0 Å². The van der Waals surface area contributed by atoms with Crippen molar-refractivity contribution in [2.24, 2.45) is 5.73 Å². The van der Waals surface area contributed by atoms with Gasteiger partial charge in [-0.2, -0.15) is 0 Å². The van der Waals surface area contributed by atoms with E-state index in [9.17, 15) is 0 Å². The Morgan fingerprint density at radius 3 is 2.94 bits per heavy atom. The fraction of sp³-hybridized carbons (Fsp3) is 0.538. The number of nitrogens with two attached hydrogens (primary N) is 1. The number of rotatable bonds is 2. The first-order chi connectivity index (χ1) is 7.58. The number of methoxy groups -OCH3 is 1. The zero-order valence-electron chi connectivity index (χ0n) is 10.1. The van der Waals surface area contributed by atoms with E-state index in [4.69, 9.17) is 15.2 Å². The molecule has 2 rings (SSSR count). The van der Waals surface area contributed by atoms with Gasteiger partial charge in [0.15, 0.2) is 0 Å². The van der Waals surface area contributed by atoms with Crippen molar-refractivity contribution in [3.05, 3.63) is 23.8 Å². The fourth-order valence-electron chi connectivity index (χ4n) is 2.14. The highest BCUT2D eigenvalue weighted by Gasteiger charge is 2.34. The summed E-state index contributed by atoms with van der Waals surface area (Å²) < 4.78 is 11.2. The van der Waals surface area contributed by atoms with Gasteiger partial charge in [0, 0.05) is 18.0 Å². The van der Waals surface area contributed by atoms with Gasteiger partial charge in [-0.1, -0.05) is 6.92 Å². The lowest BCUT2D eigenvalue weighted by Gasteiger charge is -2.38. The number of ether oxygens (including phenoxy) is 2. The molecular formula is C13H19NO2. The number of benzene rings is 1. The van der Waals surface area contributed by atoms with E-state index in [0.717, 1.165) is 29.9 Å². The van der Waals surface area contributed by atoms with Gasteiger partial charge in [-0.25, -0.2) is 0 Å². The third-order valence-electron chi connectivity index (χ3n) is 3.37. The quantitative estimate of drug-likeness (QED) is 0.835.